The molecule has 8 atom stereocenters. The Balaban J connectivity index is 1.36. The minimum Gasteiger partial charge on any atom is -0.394 e. The van der Waals surface area contributed by atoms with Gasteiger partial charge in [0.25, 0.3) is 5.91 Å². The van der Waals surface area contributed by atoms with Crippen LogP contribution in [0.5, 0.6) is 0 Å². The van der Waals surface area contributed by atoms with Gasteiger partial charge in [0.2, 0.25) is 5.91 Å². The normalized spacial score (nSPS) is 15.8. The van der Waals surface area contributed by atoms with Crippen molar-refractivity contribution in [1.82, 2.24) is 30.8 Å². The van der Waals surface area contributed by atoms with Crippen molar-refractivity contribution in [2.24, 2.45) is 10.7 Å². The molecule has 0 bridgehead atoms. The number of guanidine groups is 1. The summed E-state index contributed by atoms with van der Waals surface area (Å²) in [6.07, 6.45) is -10.7. The molecular formula is C41H63ClN10O12. The van der Waals surface area contributed by atoms with Gasteiger partial charge in [0.15, 0.2) is 28.4 Å². The number of benzene rings is 2. The number of carbonyl (C=O) groups is 2. The number of aromatic nitrogens is 2. The Morgan fingerprint density at radius 3 is 1.70 bits per heavy atom. The second kappa shape index (κ2) is 27.6. The minimum absolute atomic E-state index is 0.0220. The van der Waals surface area contributed by atoms with Crippen LogP contribution in [0, 0.1) is 0 Å². The van der Waals surface area contributed by atoms with E-state index in [0.717, 1.165) is 47.9 Å². The molecule has 64 heavy (non-hydrogen) atoms. The second-order valence-electron chi connectivity index (χ2n) is 15.2. The van der Waals surface area contributed by atoms with Gasteiger partial charge in [-0.05, 0) is 54.4 Å². The van der Waals surface area contributed by atoms with Gasteiger partial charge in [-0.2, -0.15) is 0 Å². The Bertz CT molecular complexity index is 1870. The molecule has 2 amide bonds. The van der Waals surface area contributed by atoms with Crippen LogP contribution in [0.4, 0.5) is 11.6 Å². The number of aliphatic imine (C=N–C) groups is 1. The molecule has 23 heteroatoms. The molecule has 0 spiro atoms. The van der Waals surface area contributed by atoms with Gasteiger partial charge in [-0.3, -0.25) is 24.8 Å². The fourth-order valence-corrected chi connectivity index (χ4v) is 6.47. The maximum atomic E-state index is 12.5. The third-order valence-corrected chi connectivity index (χ3v) is 10.4. The van der Waals surface area contributed by atoms with Crippen LogP contribution in [0.2, 0.25) is 5.15 Å². The summed E-state index contributed by atoms with van der Waals surface area (Å²) in [7, 11) is 0. The minimum atomic E-state index is -1.90. The van der Waals surface area contributed by atoms with Gasteiger partial charge in [-0.25, -0.2) is 9.97 Å². The maximum Gasteiger partial charge on any atom is 0.280 e. The fourth-order valence-electron chi connectivity index (χ4n) is 6.34. The van der Waals surface area contributed by atoms with Gasteiger partial charge >= 0.3 is 0 Å². The predicted octanol–water partition coefficient (Wildman–Crippen LogP) is -4.16. The number of anilines is 2. The highest BCUT2D eigenvalue weighted by molar-refractivity contribution is 6.31. The molecule has 19 N–H and O–H groups in total. The highest BCUT2D eigenvalue weighted by Gasteiger charge is 2.34. The molecule has 0 radical (unpaired) electrons. The second-order valence-corrected chi connectivity index (χ2v) is 15.6. The first-order chi connectivity index (χ1) is 30.4. The third-order valence-electron chi connectivity index (χ3n) is 10.2. The van der Waals surface area contributed by atoms with Crippen LogP contribution in [0.3, 0.4) is 0 Å². The molecule has 3 aromatic rings. The number of nitrogen functional groups attached to an aromatic ring is 2. The summed E-state index contributed by atoms with van der Waals surface area (Å²) in [5.41, 5.74) is 21.2. The number of nitrogens with one attached hydrogen (secondary N) is 3. The number of aliphatic hydroxyl groups is 10. The molecule has 0 fully saturated rings. The van der Waals surface area contributed by atoms with Gasteiger partial charge < -0.3 is 78.9 Å². The quantitative estimate of drug-likeness (QED) is 0.0187. The first-order valence-corrected chi connectivity index (χ1v) is 21.1. The van der Waals surface area contributed by atoms with Crippen LogP contribution < -0.4 is 33.2 Å². The molecule has 1 aromatic heterocycles. The standard InChI is InChI=1S/C41H63ClN10O12/c42-37-39(44)50-38(43)32(49-37)40(64)51-41(45)48-14-2-1-4-23-6-10-25(11-7-23)26-12-8-24(9-13-26)5-3-15-47-31(59)18-46-16-17-52(19-27(55)33(60)35(62)29(57)21-53)20-28(56)34(61)36(63)30(58)22-54/h6-13,27-30,33-36,46,53-58,60-63H,1-5,14-22H2,(H,47,59)(H4,43,44,50)(H3,45,48,51,64)/t27-,28-,29+,30+,33+,34+,35+,36+/m0/s1. The summed E-state index contributed by atoms with van der Waals surface area (Å²) in [6, 6.07) is 16.4. The summed E-state index contributed by atoms with van der Waals surface area (Å²) in [5.74, 6) is -1.34. The van der Waals surface area contributed by atoms with Crippen LogP contribution in [0.15, 0.2) is 53.5 Å². The summed E-state index contributed by atoms with van der Waals surface area (Å²) in [6.45, 7) is -1.73. The molecule has 0 aliphatic rings. The first kappa shape index (κ1) is 53.7. The zero-order valence-electron chi connectivity index (χ0n) is 35.3. The van der Waals surface area contributed by atoms with Crippen molar-refractivity contribution in [1.29, 1.82) is 0 Å². The van der Waals surface area contributed by atoms with Gasteiger partial charge in [0, 0.05) is 39.3 Å². The van der Waals surface area contributed by atoms with E-state index < -0.39 is 81.0 Å². The van der Waals surface area contributed by atoms with E-state index in [1.165, 1.54) is 4.90 Å². The predicted molar refractivity (Wildman–Crippen MR) is 238 cm³/mol. The third kappa shape index (κ3) is 17.7. The Hall–Kier alpha value is -4.66. The van der Waals surface area contributed by atoms with Crippen molar-refractivity contribution in [2.45, 2.75) is 80.9 Å². The SMILES string of the molecule is NC(=NCCCCc1ccc(-c2ccc(CCCNC(=O)CNCCN(C[C@H](O)[C@@H](O)[C@H](O)[C@H](O)CO)C[C@H](O)[C@@H](O)[C@H](O)[C@H](O)CO)cc2)cc1)NC(=O)c1nc(Cl)c(N)nc1N. The number of nitrogens with zero attached hydrogens (tertiary/aromatic N) is 4. The Morgan fingerprint density at radius 2 is 1.19 bits per heavy atom. The maximum absolute atomic E-state index is 12.5. The zero-order chi connectivity index (χ0) is 47.3. The summed E-state index contributed by atoms with van der Waals surface area (Å²) in [4.78, 5) is 38.0. The summed E-state index contributed by atoms with van der Waals surface area (Å²) in [5, 5.41) is 107. The molecule has 0 saturated carbocycles. The molecule has 356 valence electrons. The number of hydrogen-bond donors (Lipinski definition) is 16. The largest absolute Gasteiger partial charge is 0.394 e. The number of halogens is 1. The van der Waals surface area contributed by atoms with E-state index >= 15 is 0 Å². The Morgan fingerprint density at radius 1 is 0.688 bits per heavy atom. The van der Waals surface area contributed by atoms with Crippen molar-refractivity contribution in [2.75, 3.05) is 70.5 Å². The molecule has 2 aromatic carbocycles. The molecule has 1 heterocycles. The number of aliphatic hydroxyl groups excluding tert-OH is 10. The Labute approximate surface area is 375 Å². The Kier molecular flexibility index (Phi) is 23.2. The van der Waals surface area contributed by atoms with Gasteiger partial charge in [-0.15, -0.1) is 0 Å². The monoisotopic (exact) mass is 922 g/mol. The van der Waals surface area contributed by atoms with E-state index in [-0.39, 0.29) is 54.0 Å². The van der Waals surface area contributed by atoms with E-state index in [2.05, 4.69) is 55.2 Å². The lowest BCUT2D eigenvalue weighted by Gasteiger charge is -2.33. The zero-order valence-corrected chi connectivity index (χ0v) is 36.1. The number of aryl methyl sites for hydroxylation is 2. The van der Waals surface area contributed by atoms with Crippen molar-refractivity contribution >= 4 is 41.0 Å². The van der Waals surface area contributed by atoms with Crippen molar-refractivity contribution in [3.63, 3.8) is 0 Å². The van der Waals surface area contributed by atoms with Crippen LogP contribution in [0.25, 0.3) is 11.1 Å². The number of nitrogens with two attached hydrogens (primary N) is 3. The van der Waals surface area contributed by atoms with Crippen molar-refractivity contribution in [3.05, 3.63) is 70.5 Å². The molecular weight excluding hydrogens is 860 g/mol. The highest BCUT2D eigenvalue weighted by Crippen LogP contribution is 2.22. The number of carbonyl (C=O) groups excluding carboxylic acids is 2. The van der Waals surface area contributed by atoms with Crippen LogP contribution >= 0.6 is 11.6 Å². The van der Waals surface area contributed by atoms with Crippen LogP contribution in [-0.2, 0) is 17.6 Å². The molecule has 3 rings (SSSR count). The lowest BCUT2D eigenvalue weighted by molar-refractivity contribution is -0.130. The highest BCUT2D eigenvalue weighted by atomic mass is 35.5. The number of amides is 2. The van der Waals surface area contributed by atoms with E-state index in [9.17, 15) is 50.4 Å². The summed E-state index contributed by atoms with van der Waals surface area (Å²) >= 11 is 5.83. The molecule has 0 saturated heterocycles. The summed E-state index contributed by atoms with van der Waals surface area (Å²) < 4.78 is 0. The van der Waals surface area contributed by atoms with E-state index in [0.29, 0.717) is 19.5 Å². The fraction of sp³-hybridized carbons (Fsp3) is 0.537. The number of rotatable bonds is 28. The topological polar surface area (TPSA) is 392 Å². The lowest BCUT2D eigenvalue weighted by atomic mass is 10.00. The van der Waals surface area contributed by atoms with E-state index in [4.69, 9.17) is 39.0 Å². The van der Waals surface area contributed by atoms with Crippen LogP contribution in [0.1, 0.15) is 40.9 Å². The van der Waals surface area contributed by atoms with Gasteiger partial charge in [-0.1, -0.05) is 60.1 Å². The van der Waals surface area contributed by atoms with E-state index in [1.54, 1.807) is 0 Å². The smallest absolute Gasteiger partial charge is 0.280 e. The molecule has 0 unspecified atom stereocenters. The van der Waals surface area contributed by atoms with Crippen molar-refractivity contribution < 1.29 is 60.7 Å². The molecule has 0 aliphatic carbocycles. The van der Waals surface area contributed by atoms with E-state index in [1.807, 2.05) is 24.3 Å². The van der Waals surface area contributed by atoms with Gasteiger partial charge in [0.1, 0.15) is 36.6 Å². The van der Waals surface area contributed by atoms with Crippen LogP contribution in [-0.4, -0.2) is 192 Å². The molecule has 22 nitrogen and oxygen atoms in total. The average Bonchev–Trinajstić information content (AvgIpc) is 3.28. The lowest BCUT2D eigenvalue weighted by Crippen LogP contribution is -2.54. The molecule has 0 aliphatic heterocycles. The number of unbranched alkanes of at least 4 members (excludes halogenated alkanes) is 1. The average molecular weight is 923 g/mol. The first-order valence-electron chi connectivity index (χ1n) is 20.7. The van der Waals surface area contributed by atoms with Gasteiger partial charge in [0.05, 0.1) is 32.0 Å². The number of hydrogen-bond acceptors (Lipinski definition) is 19. The van der Waals surface area contributed by atoms with Crippen molar-refractivity contribution in [3.8, 4) is 11.1 Å².